The molecule has 2 nitrogen and oxygen atoms in total. The van der Waals surface area contributed by atoms with Gasteiger partial charge < -0.3 is 5.32 Å². The molecule has 1 aromatic carbocycles. The first-order valence-electron chi connectivity index (χ1n) is 5.82. The van der Waals surface area contributed by atoms with Gasteiger partial charge in [-0.25, -0.2) is 0 Å². The first-order valence-corrected chi connectivity index (χ1v) is 7.38. The Hall–Kier alpha value is -0.380. The largest absolute Gasteiger partial charge is 0.310 e. The zero-order valence-corrected chi connectivity index (χ0v) is 11.9. The number of halogens is 1. The molecule has 2 atom stereocenters. The van der Waals surface area contributed by atoms with Crippen LogP contribution in [0.3, 0.4) is 0 Å². The Morgan fingerprint density at radius 1 is 1.35 bits per heavy atom. The van der Waals surface area contributed by atoms with Crippen molar-refractivity contribution in [1.82, 2.24) is 5.32 Å². The lowest BCUT2D eigenvalue weighted by Gasteiger charge is -2.12. The smallest absolute Gasteiger partial charge is 0.0498 e. The van der Waals surface area contributed by atoms with E-state index < -0.39 is 10.8 Å². The van der Waals surface area contributed by atoms with Crippen molar-refractivity contribution in [3.05, 3.63) is 29.8 Å². The number of nitrogens with one attached hydrogen (secondary N) is 1. The van der Waals surface area contributed by atoms with Gasteiger partial charge in [-0.15, -0.1) is 12.4 Å². The van der Waals surface area contributed by atoms with Gasteiger partial charge in [-0.2, -0.15) is 0 Å². The lowest BCUT2D eigenvalue weighted by Crippen LogP contribution is -2.27. The second-order valence-electron chi connectivity index (χ2n) is 4.61. The molecule has 1 aromatic rings. The summed E-state index contributed by atoms with van der Waals surface area (Å²) in [5, 5.41) is 3.53. The van der Waals surface area contributed by atoms with E-state index in [1.54, 1.807) is 6.26 Å². The van der Waals surface area contributed by atoms with E-state index in [4.69, 9.17) is 0 Å². The van der Waals surface area contributed by atoms with Gasteiger partial charge in [-0.05, 0) is 43.4 Å². The van der Waals surface area contributed by atoms with E-state index in [0.29, 0.717) is 6.04 Å². The number of benzene rings is 1. The second-order valence-corrected chi connectivity index (χ2v) is 5.98. The third-order valence-corrected chi connectivity index (χ3v) is 4.15. The third-order valence-electron chi connectivity index (χ3n) is 3.21. The lowest BCUT2D eigenvalue weighted by molar-refractivity contribution is 0.496. The highest BCUT2D eigenvalue weighted by molar-refractivity contribution is 7.84. The zero-order valence-electron chi connectivity index (χ0n) is 10.3. The van der Waals surface area contributed by atoms with E-state index in [-0.39, 0.29) is 12.4 Å². The molecule has 96 valence electrons. The molecular weight excluding hydrogens is 254 g/mol. The van der Waals surface area contributed by atoms with Crippen molar-refractivity contribution in [2.45, 2.75) is 37.2 Å². The van der Waals surface area contributed by atoms with Gasteiger partial charge >= 0.3 is 0 Å². The van der Waals surface area contributed by atoms with E-state index in [2.05, 4.69) is 24.4 Å². The molecule has 1 aliphatic rings. The van der Waals surface area contributed by atoms with Crippen LogP contribution in [0.5, 0.6) is 0 Å². The van der Waals surface area contributed by atoms with Crippen molar-refractivity contribution in [1.29, 1.82) is 0 Å². The molecule has 0 aromatic heterocycles. The van der Waals surface area contributed by atoms with E-state index >= 15 is 0 Å². The quantitative estimate of drug-likeness (QED) is 0.894. The van der Waals surface area contributed by atoms with Gasteiger partial charge in [0.1, 0.15) is 0 Å². The Morgan fingerprint density at radius 2 is 1.94 bits per heavy atom. The van der Waals surface area contributed by atoms with Crippen LogP contribution in [0.1, 0.15) is 25.3 Å². The van der Waals surface area contributed by atoms with Crippen LogP contribution in [-0.2, 0) is 17.3 Å². The maximum Gasteiger partial charge on any atom is 0.0498 e. The monoisotopic (exact) mass is 273 g/mol. The van der Waals surface area contributed by atoms with Crippen LogP contribution < -0.4 is 5.32 Å². The van der Waals surface area contributed by atoms with E-state index in [9.17, 15) is 4.21 Å². The molecule has 0 spiro atoms. The molecule has 1 saturated carbocycles. The Morgan fingerprint density at radius 3 is 2.41 bits per heavy atom. The Bertz CT molecular complexity index is 376. The Balaban J connectivity index is 0.00000144. The molecule has 0 bridgehead atoms. The number of hydrogen-bond donors (Lipinski definition) is 1. The Labute approximate surface area is 112 Å². The fourth-order valence-corrected chi connectivity index (χ4v) is 2.36. The average molecular weight is 274 g/mol. The second kappa shape index (κ2) is 6.53. The van der Waals surface area contributed by atoms with Crippen molar-refractivity contribution in [3.8, 4) is 0 Å². The standard InChI is InChI=1S/C13H19NOS.ClH/c1-10(12-5-6-12)14-9-11-3-7-13(8-4-11)16(2)15;/h3-4,7-8,10,12,14H,5-6,9H2,1-2H3;1H. The lowest BCUT2D eigenvalue weighted by atomic mass is 10.2. The van der Waals surface area contributed by atoms with Gasteiger partial charge in [0.25, 0.3) is 0 Å². The molecule has 1 fully saturated rings. The van der Waals surface area contributed by atoms with Crippen molar-refractivity contribution < 1.29 is 4.21 Å². The summed E-state index contributed by atoms with van der Waals surface area (Å²) in [6, 6.07) is 8.65. The van der Waals surface area contributed by atoms with Crippen molar-refractivity contribution >= 4 is 23.2 Å². The summed E-state index contributed by atoms with van der Waals surface area (Å²) in [6.45, 7) is 3.17. The molecule has 0 radical (unpaired) electrons. The minimum atomic E-state index is -0.868. The third kappa shape index (κ3) is 4.41. The molecule has 0 amide bonds. The van der Waals surface area contributed by atoms with Crippen molar-refractivity contribution in [3.63, 3.8) is 0 Å². The molecule has 17 heavy (non-hydrogen) atoms. The predicted molar refractivity (Wildman–Crippen MR) is 75.0 cm³/mol. The van der Waals surface area contributed by atoms with Gasteiger partial charge in [0.05, 0.1) is 0 Å². The normalized spacial score (nSPS) is 18.2. The Kier molecular flexibility index (Phi) is 5.63. The van der Waals surface area contributed by atoms with E-state index in [1.165, 1.54) is 18.4 Å². The van der Waals surface area contributed by atoms with Crippen LogP contribution in [-0.4, -0.2) is 16.5 Å². The van der Waals surface area contributed by atoms with Gasteiger partial charge in [-0.3, -0.25) is 4.21 Å². The highest BCUT2D eigenvalue weighted by Crippen LogP contribution is 2.32. The molecule has 1 N–H and O–H groups in total. The van der Waals surface area contributed by atoms with Gasteiger partial charge in [-0.1, -0.05) is 12.1 Å². The van der Waals surface area contributed by atoms with Gasteiger partial charge in [0, 0.05) is 34.5 Å². The summed E-state index contributed by atoms with van der Waals surface area (Å²) in [4.78, 5) is 0.902. The van der Waals surface area contributed by atoms with E-state index in [1.807, 2.05) is 12.1 Å². The molecular formula is C13H20ClNOS. The molecule has 2 rings (SSSR count). The van der Waals surface area contributed by atoms with E-state index in [0.717, 1.165) is 17.4 Å². The van der Waals surface area contributed by atoms with Crippen LogP contribution in [0.4, 0.5) is 0 Å². The summed E-state index contributed by atoms with van der Waals surface area (Å²) in [5.74, 6) is 0.891. The molecule has 4 heteroatoms. The zero-order chi connectivity index (χ0) is 11.5. The first kappa shape index (κ1) is 14.7. The average Bonchev–Trinajstić information content (AvgIpc) is 3.10. The minimum Gasteiger partial charge on any atom is -0.310 e. The fraction of sp³-hybridized carbons (Fsp3) is 0.538. The van der Waals surface area contributed by atoms with Gasteiger partial charge in [0.2, 0.25) is 0 Å². The maximum atomic E-state index is 11.2. The molecule has 0 heterocycles. The summed E-state index contributed by atoms with van der Waals surface area (Å²) < 4.78 is 11.2. The van der Waals surface area contributed by atoms with Crippen LogP contribution >= 0.6 is 12.4 Å². The summed E-state index contributed by atoms with van der Waals surface area (Å²) in [5.41, 5.74) is 1.27. The molecule has 0 aliphatic heterocycles. The summed E-state index contributed by atoms with van der Waals surface area (Å²) >= 11 is 0. The fourth-order valence-electron chi connectivity index (χ4n) is 1.84. The van der Waals surface area contributed by atoms with Gasteiger partial charge in [0.15, 0.2) is 0 Å². The topological polar surface area (TPSA) is 29.1 Å². The minimum absolute atomic E-state index is 0. The van der Waals surface area contributed by atoms with Crippen LogP contribution in [0.25, 0.3) is 0 Å². The number of hydrogen-bond acceptors (Lipinski definition) is 2. The highest BCUT2D eigenvalue weighted by atomic mass is 35.5. The van der Waals surface area contributed by atoms with Crippen LogP contribution in [0.2, 0.25) is 0 Å². The maximum absolute atomic E-state index is 11.2. The number of rotatable bonds is 5. The highest BCUT2D eigenvalue weighted by Gasteiger charge is 2.27. The molecule has 2 unspecified atom stereocenters. The molecule has 1 aliphatic carbocycles. The van der Waals surface area contributed by atoms with Crippen LogP contribution in [0, 0.1) is 5.92 Å². The summed E-state index contributed by atoms with van der Waals surface area (Å²) in [7, 11) is -0.868. The molecule has 0 saturated heterocycles. The SMILES string of the molecule is CC(NCc1ccc(S(C)=O)cc1)C1CC1.Cl. The van der Waals surface area contributed by atoms with Crippen molar-refractivity contribution in [2.75, 3.05) is 6.26 Å². The first-order chi connectivity index (χ1) is 7.66. The van der Waals surface area contributed by atoms with Crippen molar-refractivity contribution in [2.24, 2.45) is 5.92 Å². The predicted octanol–water partition coefficient (Wildman–Crippen LogP) is 2.73. The van der Waals surface area contributed by atoms with Crippen LogP contribution in [0.15, 0.2) is 29.2 Å². The summed E-state index contributed by atoms with van der Waals surface area (Å²) in [6.07, 6.45) is 4.46.